The molecular formula is C24H37F2NO6. The lowest BCUT2D eigenvalue weighted by molar-refractivity contribution is -0.149. The minimum Gasteiger partial charge on any atom is -0.492 e. The molecule has 1 unspecified atom stereocenters. The Balaban J connectivity index is 2.57. The number of carboxylic acids is 1. The highest BCUT2D eigenvalue weighted by atomic mass is 19.3. The molecule has 7 nitrogen and oxygen atoms in total. The minimum absolute atomic E-state index is 0.188. The van der Waals surface area contributed by atoms with E-state index in [1.807, 2.05) is 13.8 Å². The summed E-state index contributed by atoms with van der Waals surface area (Å²) < 4.78 is 42.3. The maximum absolute atomic E-state index is 13.0. The number of ether oxygens (including phenoxy) is 3. The van der Waals surface area contributed by atoms with E-state index in [1.165, 1.54) is 4.90 Å². The first-order valence-corrected chi connectivity index (χ1v) is 11.4. The lowest BCUT2D eigenvalue weighted by Crippen LogP contribution is -2.36. The number of carbonyl (C=O) groups excluding carboxylic acids is 1. The van der Waals surface area contributed by atoms with Gasteiger partial charge in [-0.15, -0.1) is 0 Å². The zero-order chi connectivity index (χ0) is 24.9. The van der Waals surface area contributed by atoms with Gasteiger partial charge in [0.2, 0.25) is 5.92 Å². The molecule has 9 heteroatoms. The number of benzene rings is 1. The molecule has 0 aliphatic carbocycles. The zero-order valence-corrected chi connectivity index (χ0v) is 20.0. The minimum atomic E-state index is -2.72. The van der Waals surface area contributed by atoms with Crippen molar-refractivity contribution in [1.29, 1.82) is 0 Å². The molecule has 1 amide bonds. The monoisotopic (exact) mass is 473 g/mol. The van der Waals surface area contributed by atoms with Crippen LogP contribution in [-0.2, 0) is 20.7 Å². The zero-order valence-electron chi connectivity index (χ0n) is 20.0. The van der Waals surface area contributed by atoms with E-state index in [2.05, 4.69) is 0 Å². The van der Waals surface area contributed by atoms with Crippen LogP contribution in [0.1, 0.15) is 52.5 Å². The lowest BCUT2D eigenvalue weighted by Gasteiger charge is -2.23. The average Bonchev–Trinajstić information content (AvgIpc) is 2.73. The lowest BCUT2D eigenvalue weighted by atomic mass is 10.1. The molecule has 0 saturated carbocycles. The maximum Gasteiger partial charge on any atom is 0.409 e. The van der Waals surface area contributed by atoms with Gasteiger partial charge in [0.1, 0.15) is 12.4 Å². The third kappa shape index (κ3) is 13.0. The van der Waals surface area contributed by atoms with Crippen LogP contribution in [-0.4, -0.2) is 67.0 Å². The van der Waals surface area contributed by atoms with Gasteiger partial charge in [-0.3, -0.25) is 0 Å². The van der Waals surface area contributed by atoms with Gasteiger partial charge in [0.05, 0.1) is 13.2 Å². The Morgan fingerprint density at radius 1 is 1.12 bits per heavy atom. The predicted molar refractivity (Wildman–Crippen MR) is 121 cm³/mol. The van der Waals surface area contributed by atoms with Crippen molar-refractivity contribution < 1.29 is 37.7 Å². The quantitative estimate of drug-likeness (QED) is 0.340. The van der Waals surface area contributed by atoms with E-state index >= 15 is 0 Å². The van der Waals surface area contributed by atoms with Crippen molar-refractivity contribution in [1.82, 2.24) is 4.90 Å². The van der Waals surface area contributed by atoms with E-state index in [0.717, 1.165) is 12.5 Å². The van der Waals surface area contributed by atoms with Crippen molar-refractivity contribution in [3.8, 4) is 5.75 Å². The molecule has 1 atom stereocenters. The van der Waals surface area contributed by atoms with Crippen molar-refractivity contribution in [2.45, 2.75) is 65.4 Å². The normalized spacial score (nSPS) is 12.5. The summed E-state index contributed by atoms with van der Waals surface area (Å²) in [5.74, 6) is -2.97. The molecule has 1 aromatic rings. The Kier molecular flexibility index (Phi) is 12.7. The molecule has 0 saturated heterocycles. The van der Waals surface area contributed by atoms with Gasteiger partial charge in [-0.2, -0.15) is 0 Å². The van der Waals surface area contributed by atoms with E-state index in [1.54, 1.807) is 31.2 Å². The smallest absolute Gasteiger partial charge is 0.409 e. The number of carboxylic acid groups (broad SMARTS) is 1. The summed E-state index contributed by atoms with van der Waals surface area (Å²) in [6, 6.07) is 6.99. The number of rotatable bonds is 16. The number of aliphatic carboxylic acids is 1. The largest absolute Gasteiger partial charge is 0.492 e. The van der Waals surface area contributed by atoms with Gasteiger partial charge in [0, 0.05) is 26.0 Å². The summed E-state index contributed by atoms with van der Waals surface area (Å²) >= 11 is 0. The third-order valence-corrected chi connectivity index (χ3v) is 4.71. The molecule has 0 aromatic heterocycles. The molecule has 0 aliphatic heterocycles. The topological polar surface area (TPSA) is 85.3 Å². The van der Waals surface area contributed by atoms with Crippen LogP contribution in [0.25, 0.3) is 0 Å². The van der Waals surface area contributed by atoms with Crippen molar-refractivity contribution in [3.63, 3.8) is 0 Å². The molecule has 0 heterocycles. The van der Waals surface area contributed by atoms with Crippen LogP contribution >= 0.6 is 0 Å². The summed E-state index contributed by atoms with van der Waals surface area (Å²) in [5.41, 5.74) is 0.801. The molecule has 0 fully saturated rings. The Morgan fingerprint density at radius 3 is 2.33 bits per heavy atom. The molecule has 0 bridgehead atoms. The van der Waals surface area contributed by atoms with Crippen LogP contribution in [0.5, 0.6) is 5.75 Å². The van der Waals surface area contributed by atoms with Gasteiger partial charge in [-0.25, -0.2) is 18.4 Å². The highest BCUT2D eigenvalue weighted by Crippen LogP contribution is 2.20. The molecule has 188 valence electrons. The first-order chi connectivity index (χ1) is 15.5. The number of carbonyl (C=O) groups is 2. The Bertz CT molecular complexity index is 706. The highest BCUT2D eigenvalue weighted by molar-refractivity contribution is 5.72. The van der Waals surface area contributed by atoms with Crippen LogP contribution in [0.3, 0.4) is 0 Å². The summed E-state index contributed by atoms with van der Waals surface area (Å²) in [6.45, 7) is 7.86. The van der Waals surface area contributed by atoms with E-state index in [0.29, 0.717) is 31.7 Å². The van der Waals surface area contributed by atoms with Crippen molar-refractivity contribution in [3.05, 3.63) is 29.8 Å². The Labute approximate surface area is 195 Å². The van der Waals surface area contributed by atoms with Gasteiger partial charge >= 0.3 is 12.1 Å². The van der Waals surface area contributed by atoms with Crippen LogP contribution in [0.4, 0.5) is 13.6 Å². The first-order valence-electron chi connectivity index (χ1n) is 11.4. The number of nitrogens with zero attached hydrogens (tertiary/aromatic N) is 1. The van der Waals surface area contributed by atoms with Crippen LogP contribution in [0.15, 0.2) is 24.3 Å². The number of hydrogen-bond donors (Lipinski definition) is 1. The fourth-order valence-corrected chi connectivity index (χ4v) is 2.99. The second kappa shape index (κ2) is 14.7. The number of amides is 1. The number of alkyl halides is 2. The fraction of sp³-hybridized carbons (Fsp3) is 0.667. The molecule has 1 rings (SSSR count). The molecular weight excluding hydrogens is 436 g/mol. The van der Waals surface area contributed by atoms with Crippen LogP contribution in [0.2, 0.25) is 0 Å². The van der Waals surface area contributed by atoms with Gasteiger partial charge in [0.15, 0.2) is 6.10 Å². The Morgan fingerprint density at radius 2 is 1.79 bits per heavy atom. The van der Waals surface area contributed by atoms with E-state index in [9.17, 15) is 23.5 Å². The third-order valence-electron chi connectivity index (χ3n) is 4.71. The van der Waals surface area contributed by atoms with Crippen molar-refractivity contribution in [2.75, 3.05) is 32.9 Å². The Hall–Kier alpha value is -2.42. The second-order valence-electron chi connectivity index (χ2n) is 8.46. The molecule has 33 heavy (non-hydrogen) atoms. The molecule has 0 radical (unpaired) electrons. The summed E-state index contributed by atoms with van der Waals surface area (Å²) in [5, 5.41) is 9.19. The standard InChI is InChI=1S/C24H37F2NO6/c1-5-31-21(22(28)29)16-19-8-10-20(11-9-19)32-15-14-27(23(30)33-17-18(2)3)13-7-6-12-24(4,25)26/h8-11,18,21H,5-7,12-17H2,1-4H3,(H,28,29). The van der Waals surface area contributed by atoms with Gasteiger partial charge in [0.25, 0.3) is 0 Å². The van der Waals surface area contributed by atoms with Gasteiger partial charge < -0.3 is 24.2 Å². The molecule has 0 aliphatic rings. The van der Waals surface area contributed by atoms with E-state index in [-0.39, 0.29) is 38.5 Å². The number of hydrogen-bond acceptors (Lipinski definition) is 5. The molecule has 0 spiro atoms. The average molecular weight is 474 g/mol. The summed E-state index contributed by atoms with van der Waals surface area (Å²) in [6.07, 6.45) is -0.619. The van der Waals surface area contributed by atoms with Crippen LogP contribution < -0.4 is 4.74 Å². The molecule has 1 N–H and O–H groups in total. The maximum atomic E-state index is 13.0. The number of unbranched alkanes of at least 4 members (excludes halogenated alkanes) is 1. The fourth-order valence-electron chi connectivity index (χ4n) is 2.99. The number of halogens is 2. The predicted octanol–water partition coefficient (Wildman–Crippen LogP) is 5.02. The van der Waals surface area contributed by atoms with Gasteiger partial charge in [-0.05, 0) is 50.3 Å². The summed E-state index contributed by atoms with van der Waals surface area (Å²) in [7, 11) is 0. The van der Waals surface area contributed by atoms with Crippen LogP contribution in [0, 0.1) is 5.92 Å². The van der Waals surface area contributed by atoms with Gasteiger partial charge in [-0.1, -0.05) is 26.0 Å². The van der Waals surface area contributed by atoms with E-state index in [4.69, 9.17) is 14.2 Å². The SMILES string of the molecule is CCOC(Cc1ccc(OCCN(CCCCC(C)(F)F)C(=O)OCC(C)C)cc1)C(=O)O. The molecule has 1 aromatic carbocycles. The van der Waals surface area contributed by atoms with Crippen molar-refractivity contribution >= 4 is 12.1 Å². The summed E-state index contributed by atoms with van der Waals surface area (Å²) in [4.78, 5) is 25.1. The van der Waals surface area contributed by atoms with E-state index < -0.39 is 24.1 Å². The van der Waals surface area contributed by atoms with Crippen molar-refractivity contribution in [2.24, 2.45) is 5.92 Å². The highest BCUT2D eigenvalue weighted by Gasteiger charge is 2.21. The first kappa shape index (κ1) is 28.6. The second-order valence-corrected chi connectivity index (χ2v) is 8.46.